The molecule has 1 saturated carbocycles. The molecule has 0 unspecified atom stereocenters. The summed E-state index contributed by atoms with van der Waals surface area (Å²) in [5, 5.41) is 13.5. The van der Waals surface area contributed by atoms with Gasteiger partial charge in [-0.1, -0.05) is 17.3 Å². The lowest BCUT2D eigenvalue weighted by Gasteiger charge is -2.24. The van der Waals surface area contributed by atoms with Crippen molar-refractivity contribution in [1.82, 2.24) is 10.1 Å². The molecule has 0 saturated heterocycles. The minimum absolute atomic E-state index is 0.206. The van der Waals surface area contributed by atoms with Gasteiger partial charge >= 0.3 is 0 Å². The molecule has 1 aromatic heterocycles. The predicted molar refractivity (Wildman–Crippen MR) is 75.2 cm³/mol. The molecule has 3 rings (SSSR count). The Morgan fingerprint density at radius 1 is 1.25 bits per heavy atom. The Balaban J connectivity index is 1.74. The maximum absolute atomic E-state index is 9.49. The molecule has 2 aromatic rings. The van der Waals surface area contributed by atoms with Crippen molar-refractivity contribution in [3.05, 3.63) is 30.2 Å². The summed E-state index contributed by atoms with van der Waals surface area (Å²) in [7, 11) is 0. The summed E-state index contributed by atoms with van der Waals surface area (Å²) in [6, 6.07) is 6.89. The molecule has 1 aromatic carbocycles. The summed E-state index contributed by atoms with van der Waals surface area (Å²) in [6.07, 6.45) is 4.38. The van der Waals surface area contributed by atoms with Crippen molar-refractivity contribution in [3.8, 4) is 17.1 Å². The van der Waals surface area contributed by atoms with Crippen molar-refractivity contribution in [1.29, 1.82) is 0 Å². The van der Waals surface area contributed by atoms with Gasteiger partial charge in [-0.2, -0.15) is 4.98 Å². The Kier molecular flexibility index (Phi) is 3.69. The number of benzene rings is 1. The molecular formula is C15H19N3O2. The molecular weight excluding hydrogens is 254 g/mol. The van der Waals surface area contributed by atoms with Crippen LogP contribution >= 0.6 is 0 Å². The van der Waals surface area contributed by atoms with Gasteiger partial charge in [0.2, 0.25) is 11.7 Å². The third kappa shape index (κ3) is 2.67. The highest BCUT2D eigenvalue weighted by atomic mass is 16.5. The molecule has 1 fully saturated rings. The van der Waals surface area contributed by atoms with E-state index in [-0.39, 0.29) is 5.75 Å². The minimum atomic E-state index is 0.206. The van der Waals surface area contributed by atoms with Crippen molar-refractivity contribution in [2.75, 3.05) is 6.54 Å². The van der Waals surface area contributed by atoms with Gasteiger partial charge in [-0.3, -0.25) is 0 Å². The molecule has 0 radical (unpaired) electrons. The van der Waals surface area contributed by atoms with Crippen LogP contribution < -0.4 is 5.73 Å². The van der Waals surface area contributed by atoms with E-state index in [4.69, 9.17) is 10.3 Å². The van der Waals surface area contributed by atoms with Crippen LogP contribution in [0.3, 0.4) is 0 Å². The largest absolute Gasteiger partial charge is 0.508 e. The number of aromatic hydroxyl groups is 1. The van der Waals surface area contributed by atoms with Crippen LogP contribution in [0.4, 0.5) is 0 Å². The van der Waals surface area contributed by atoms with E-state index in [1.165, 1.54) is 0 Å². The topological polar surface area (TPSA) is 85.2 Å². The molecule has 0 bridgehead atoms. The van der Waals surface area contributed by atoms with Crippen molar-refractivity contribution < 1.29 is 9.63 Å². The van der Waals surface area contributed by atoms with Crippen LogP contribution in [0.15, 0.2) is 28.8 Å². The Morgan fingerprint density at radius 2 is 2.05 bits per heavy atom. The molecule has 0 atom stereocenters. The molecule has 5 nitrogen and oxygen atoms in total. The average Bonchev–Trinajstić information content (AvgIpc) is 2.97. The SMILES string of the molecule is NCC1CCC(c2nc(-c3cccc(O)c3)no2)CC1. The molecule has 0 spiro atoms. The van der Waals surface area contributed by atoms with E-state index in [0.29, 0.717) is 23.6 Å². The van der Waals surface area contributed by atoms with Crippen LogP contribution in [-0.2, 0) is 0 Å². The van der Waals surface area contributed by atoms with Crippen molar-refractivity contribution >= 4 is 0 Å². The Labute approximate surface area is 117 Å². The Hall–Kier alpha value is -1.88. The minimum Gasteiger partial charge on any atom is -0.508 e. The zero-order chi connectivity index (χ0) is 13.9. The normalized spacial score (nSPS) is 22.9. The van der Waals surface area contributed by atoms with Gasteiger partial charge < -0.3 is 15.4 Å². The zero-order valence-electron chi connectivity index (χ0n) is 11.3. The summed E-state index contributed by atoms with van der Waals surface area (Å²) in [5.41, 5.74) is 6.48. The number of rotatable bonds is 3. The number of phenols is 1. The highest BCUT2D eigenvalue weighted by Gasteiger charge is 2.26. The van der Waals surface area contributed by atoms with Gasteiger partial charge in [-0.15, -0.1) is 0 Å². The first-order chi connectivity index (χ1) is 9.76. The number of nitrogens with two attached hydrogens (primary N) is 1. The molecule has 1 aliphatic rings. The van der Waals surface area contributed by atoms with Crippen LogP contribution in [0.1, 0.15) is 37.5 Å². The molecule has 20 heavy (non-hydrogen) atoms. The van der Waals surface area contributed by atoms with Gasteiger partial charge in [-0.05, 0) is 50.3 Å². The van der Waals surface area contributed by atoms with E-state index < -0.39 is 0 Å². The number of aromatic nitrogens is 2. The molecule has 3 N–H and O–H groups in total. The maximum atomic E-state index is 9.49. The fourth-order valence-corrected chi connectivity index (χ4v) is 2.81. The first-order valence-corrected chi connectivity index (χ1v) is 7.09. The highest BCUT2D eigenvalue weighted by Crippen LogP contribution is 2.35. The second-order valence-electron chi connectivity index (χ2n) is 5.46. The monoisotopic (exact) mass is 273 g/mol. The first-order valence-electron chi connectivity index (χ1n) is 7.09. The van der Waals surface area contributed by atoms with Crippen molar-refractivity contribution in [3.63, 3.8) is 0 Å². The van der Waals surface area contributed by atoms with E-state index in [2.05, 4.69) is 10.1 Å². The lowest BCUT2D eigenvalue weighted by molar-refractivity contribution is 0.275. The van der Waals surface area contributed by atoms with Crippen LogP contribution in [0.2, 0.25) is 0 Å². The number of hydrogen-bond donors (Lipinski definition) is 2. The molecule has 0 amide bonds. The quantitative estimate of drug-likeness (QED) is 0.898. The summed E-state index contributed by atoms with van der Waals surface area (Å²) >= 11 is 0. The van der Waals surface area contributed by atoms with Crippen LogP contribution in [-0.4, -0.2) is 21.8 Å². The Bertz CT molecular complexity index is 574. The average molecular weight is 273 g/mol. The Morgan fingerprint density at radius 3 is 2.75 bits per heavy atom. The van der Waals surface area contributed by atoms with E-state index in [1.54, 1.807) is 18.2 Å². The highest BCUT2D eigenvalue weighted by molar-refractivity contribution is 5.56. The summed E-state index contributed by atoms with van der Waals surface area (Å²) < 4.78 is 5.39. The van der Waals surface area contributed by atoms with Crippen LogP contribution in [0, 0.1) is 5.92 Å². The zero-order valence-corrected chi connectivity index (χ0v) is 11.3. The molecule has 106 valence electrons. The molecule has 0 aliphatic heterocycles. The fraction of sp³-hybridized carbons (Fsp3) is 0.467. The van der Waals surface area contributed by atoms with Crippen LogP contribution in [0.5, 0.6) is 5.75 Å². The first kappa shape index (κ1) is 13.1. The second-order valence-corrected chi connectivity index (χ2v) is 5.46. The third-order valence-corrected chi connectivity index (χ3v) is 4.08. The standard InChI is InChI=1S/C15H19N3O2/c16-9-10-4-6-11(7-5-10)15-17-14(18-20-15)12-2-1-3-13(19)8-12/h1-3,8,10-11,19H,4-7,9,16H2. The molecule has 1 aliphatic carbocycles. The summed E-state index contributed by atoms with van der Waals surface area (Å²) in [6.45, 7) is 0.769. The number of phenolic OH excluding ortho intramolecular Hbond substituents is 1. The number of hydrogen-bond acceptors (Lipinski definition) is 5. The predicted octanol–water partition coefficient (Wildman–Crippen LogP) is 2.67. The fourth-order valence-electron chi connectivity index (χ4n) is 2.81. The molecule has 1 heterocycles. The van der Waals surface area contributed by atoms with Crippen LogP contribution in [0.25, 0.3) is 11.4 Å². The maximum Gasteiger partial charge on any atom is 0.230 e. The van der Waals surface area contributed by atoms with Gasteiger partial charge in [0.15, 0.2) is 0 Å². The van der Waals surface area contributed by atoms with E-state index in [9.17, 15) is 5.11 Å². The van der Waals surface area contributed by atoms with Gasteiger partial charge in [0, 0.05) is 11.5 Å². The summed E-state index contributed by atoms with van der Waals surface area (Å²) in [5.74, 6) is 2.43. The lowest BCUT2D eigenvalue weighted by Crippen LogP contribution is -2.20. The lowest BCUT2D eigenvalue weighted by atomic mass is 9.82. The van der Waals surface area contributed by atoms with Gasteiger partial charge in [0.1, 0.15) is 5.75 Å². The summed E-state index contributed by atoms with van der Waals surface area (Å²) in [4.78, 5) is 4.48. The van der Waals surface area contributed by atoms with Gasteiger partial charge in [0.05, 0.1) is 0 Å². The smallest absolute Gasteiger partial charge is 0.230 e. The molecule has 5 heteroatoms. The van der Waals surface area contributed by atoms with Gasteiger partial charge in [-0.25, -0.2) is 0 Å². The van der Waals surface area contributed by atoms with Crippen molar-refractivity contribution in [2.24, 2.45) is 11.7 Å². The van der Waals surface area contributed by atoms with E-state index >= 15 is 0 Å². The van der Waals surface area contributed by atoms with Crippen molar-refractivity contribution in [2.45, 2.75) is 31.6 Å². The van der Waals surface area contributed by atoms with E-state index in [0.717, 1.165) is 37.8 Å². The third-order valence-electron chi connectivity index (χ3n) is 4.08. The number of nitrogens with zero attached hydrogens (tertiary/aromatic N) is 2. The van der Waals surface area contributed by atoms with E-state index in [1.807, 2.05) is 6.07 Å². The van der Waals surface area contributed by atoms with Gasteiger partial charge in [0.25, 0.3) is 0 Å². The second kappa shape index (κ2) is 5.63.